The molecule has 10 nitrogen and oxygen atoms in total. The van der Waals surface area contributed by atoms with Crippen molar-refractivity contribution in [3.05, 3.63) is 70.4 Å². The second-order valence-electron chi connectivity index (χ2n) is 8.04. The molecular weight excluding hydrogens is 502 g/mol. The Morgan fingerprint density at radius 2 is 1.73 bits per heavy atom. The SMILES string of the molecule is CC(=O)SC(CC(=O)Nc1ccc(-c2c3cc(O)c(=O)cc-3oc3ccccc23)c(C(=O)O)c1)C(=O)O. The fraction of sp³-hybridized carbons (Fsp3) is 0.115. The first-order chi connectivity index (χ1) is 17.5. The number of benzene rings is 3. The molecule has 0 aromatic heterocycles. The number of amides is 1. The molecule has 2 aliphatic rings. The molecule has 1 heterocycles. The number of para-hydroxylation sites is 1. The van der Waals surface area contributed by atoms with Crippen LogP contribution in [0.15, 0.2) is 63.8 Å². The lowest BCUT2D eigenvalue weighted by molar-refractivity contribution is -0.137. The van der Waals surface area contributed by atoms with Crippen molar-refractivity contribution in [3.63, 3.8) is 0 Å². The zero-order valence-electron chi connectivity index (χ0n) is 19.2. The van der Waals surface area contributed by atoms with Crippen molar-refractivity contribution in [2.45, 2.75) is 18.6 Å². The number of carboxylic acids is 2. The molecule has 4 N–H and O–H groups in total. The number of carbonyl (C=O) groups excluding carboxylic acids is 2. The van der Waals surface area contributed by atoms with E-state index in [0.717, 1.165) is 6.07 Å². The van der Waals surface area contributed by atoms with Crippen LogP contribution in [0.3, 0.4) is 0 Å². The van der Waals surface area contributed by atoms with Gasteiger partial charge in [0.05, 0.1) is 5.56 Å². The summed E-state index contributed by atoms with van der Waals surface area (Å²) in [4.78, 5) is 59.4. The zero-order chi connectivity index (χ0) is 26.9. The van der Waals surface area contributed by atoms with E-state index in [1.54, 1.807) is 24.3 Å². The van der Waals surface area contributed by atoms with Crippen LogP contribution in [0.5, 0.6) is 5.75 Å². The van der Waals surface area contributed by atoms with Crippen molar-refractivity contribution in [3.8, 4) is 28.2 Å². The molecule has 188 valence electrons. The highest BCUT2D eigenvalue weighted by Crippen LogP contribution is 2.42. The minimum atomic E-state index is -1.32. The van der Waals surface area contributed by atoms with Gasteiger partial charge in [-0.15, -0.1) is 0 Å². The van der Waals surface area contributed by atoms with E-state index in [-0.39, 0.29) is 22.6 Å². The van der Waals surface area contributed by atoms with Gasteiger partial charge < -0.3 is 25.1 Å². The highest BCUT2D eigenvalue weighted by molar-refractivity contribution is 8.14. The van der Waals surface area contributed by atoms with Crippen molar-refractivity contribution >= 4 is 51.4 Å². The van der Waals surface area contributed by atoms with Crippen molar-refractivity contribution in [2.75, 3.05) is 5.32 Å². The molecule has 0 saturated carbocycles. The summed E-state index contributed by atoms with van der Waals surface area (Å²) in [5.74, 6) is -3.74. The van der Waals surface area contributed by atoms with E-state index < -0.39 is 45.8 Å². The Hall–Kier alpha value is -4.64. The molecule has 0 fully saturated rings. The molecule has 1 aliphatic heterocycles. The van der Waals surface area contributed by atoms with E-state index >= 15 is 0 Å². The maximum absolute atomic E-state index is 12.4. The summed E-state index contributed by atoms with van der Waals surface area (Å²) in [6, 6.07) is 13.2. The van der Waals surface area contributed by atoms with Crippen LogP contribution in [0.25, 0.3) is 33.4 Å². The number of aliphatic carboxylic acids is 1. The normalized spacial score (nSPS) is 11.8. The lowest BCUT2D eigenvalue weighted by atomic mass is 9.90. The first kappa shape index (κ1) is 25.5. The number of hydrogen-bond acceptors (Lipinski definition) is 8. The van der Waals surface area contributed by atoms with Crippen molar-refractivity contribution in [1.29, 1.82) is 0 Å². The molecule has 11 heteroatoms. The fourth-order valence-electron chi connectivity index (χ4n) is 3.92. The van der Waals surface area contributed by atoms with Gasteiger partial charge in [-0.1, -0.05) is 36.0 Å². The number of aromatic hydroxyl groups is 1. The predicted molar refractivity (Wildman–Crippen MR) is 136 cm³/mol. The van der Waals surface area contributed by atoms with E-state index in [2.05, 4.69) is 5.32 Å². The quantitative estimate of drug-likeness (QED) is 0.260. The Morgan fingerprint density at radius 1 is 1.00 bits per heavy atom. The summed E-state index contributed by atoms with van der Waals surface area (Å²) in [5.41, 5.74) is 0.558. The monoisotopic (exact) mass is 521 g/mol. The molecule has 0 spiro atoms. The second kappa shape index (κ2) is 10.2. The van der Waals surface area contributed by atoms with Gasteiger partial charge in [0.15, 0.2) is 10.9 Å². The van der Waals surface area contributed by atoms with Crippen LogP contribution < -0.4 is 10.7 Å². The first-order valence-electron chi connectivity index (χ1n) is 10.8. The Labute approximate surface area is 212 Å². The molecule has 1 atom stereocenters. The molecule has 1 unspecified atom stereocenters. The fourth-order valence-corrected chi connectivity index (χ4v) is 4.66. The van der Waals surface area contributed by atoms with Crippen LogP contribution in [0.2, 0.25) is 0 Å². The van der Waals surface area contributed by atoms with Crippen LogP contribution in [-0.4, -0.2) is 43.5 Å². The minimum absolute atomic E-state index is 0.0991. The number of fused-ring (bicyclic) bond motifs is 2. The molecule has 0 saturated heterocycles. The van der Waals surface area contributed by atoms with Crippen molar-refractivity contribution in [1.82, 2.24) is 0 Å². The molecule has 1 aliphatic carbocycles. The summed E-state index contributed by atoms with van der Waals surface area (Å²) >= 11 is 0.514. The summed E-state index contributed by atoms with van der Waals surface area (Å²) in [6.45, 7) is 1.19. The lowest BCUT2D eigenvalue weighted by Crippen LogP contribution is -2.25. The molecule has 2 aromatic rings. The number of rotatable bonds is 7. The van der Waals surface area contributed by atoms with Crippen molar-refractivity contribution in [2.24, 2.45) is 0 Å². The Kier molecular flexibility index (Phi) is 6.98. The van der Waals surface area contributed by atoms with E-state index in [9.17, 15) is 39.3 Å². The Balaban J connectivity index is 1.81. The maximum Gasteiger partial charge on any atom is 0.336 e. The van der Waals surface area contributed by atoms with E-state index in [1.165, 1.54) is 31.2 Å². The van der Waals surface area contributed by atoms with Gasteiger partial charge in [0.1, 0.15) is 16.6 Å². The van der Waals surface area contributed by atoms with Crippen LogP contribution >= 0.6 is 11.8 Å². The first-order valence-corrected chi connectivity index (χ1v) is 11.7. The lowest BCUT2D eigenvalue weighted by Gasteiger charge is -2.18. The molecular formula is C26H19NO9S. The zero-order valence-corrected chi connectivity index (χ0v) is 20.0. The third-order valence-electron chi connectivity index (χ3n) is 5.46. The Morgan fingerprint density at radius 3 is 2.41 bits per heavy atom. The molecule has 2 aromatic carbocycles. The van der Waals surface area contributed by atoms with E-state index in [4.69, 9.17) is 4.42 Å². The molecule has 4 rings (SSSR count). The minimum Gasteiger partial charge on any atom is -0.504 e. The van der Waals surface area contributed by atoms with Gasteiger partial charge in [-0.05, 0) is 29.8 Å². The largest absolute Gasteiger partial charge is 0.504 e. The molecule has 0 radical (unpaired) electrons. The van der Waals surface area contributed by atoms with Gasteiger partial charge in [0.2, 0.25) is 11.3 Å². The number of thioether (sulfide) groups is 1. The average molecular weight is 522 g/mol. The van der Waals surface area contributed by atoms with Crippen molar-refractivity contribution < 1.29 is 38.9 Å². The summed E-state index contributed by atoms with van der Waals surface area (Å²) < 4.78 is 5.82. The predicted octanol–water partition coefficient (Wildman–Crippen LogP) is 4.03. The summed E-state index contributed by atoms with van der Waals surface area (Å²) in [5, 5.41) is 30.6. The number of nitrogens with one attached hydrogen (secondary N) is 1. The molecule has 37 heavy (non-hydrogen) atoms. The van der Waals surface area contributed by atoms with E-state index in [0.29, 0.717) is 33.9 Å². The van der Waals surface area contributed by atoms with Crippen LogP contribution in [0.4, 0.5) is 5.69 Å². The highest BCUT2D eigenvalue weighted by Gasteiger charge is 2.25. The van der Waals surface area contributed by atoms with Gasteiger partial charge in [-0.2, -0.15) is 0 Å². The van der Waals surface area contributed by atoms with Gasteiger partial charge >= 0.3 is 11.9 Å². The topological polar surface area (TPSA) is 171 Å². The average Bonchev–Trinajstić information content (AvgIpc) is 2.83. The molecule has 1 amide bonds. The number of hydrogen-bond donors (Lipinski definition) is 4. The standard InChI is InChI=1S/C26H19NO9S/c1-12(28)37-22(26(34)35)11-23(31)27-13-6-7-14(16(8-13)25(32)33)24-15-4-2-3-5-20(15)36-21-10-19(30)18(29)9-17(21)24/h2-10,22,29H,11H2,1H3,(H,27,31)(H,32,33)(H,34,35). The number of aromatic carboxylic acids is 1. The molecule has 0 bridgehead atoms. The highest BCUT2D eigenvalue weighted by atomic mass is 32.2. The van der Waals surface area contributed by atoms with E-state index in [1.807, 2.05) is 0 Å². The van der Waals surface area contributed by atoms with Gasteiger partial charge in [0, 0.05) is 41.6 Å². The number of carbonyl (C=O) groups is 4. The summed E-state index contributed by atoms with van der Waals surface area (Å²) in [7, 11) is 0. The third kappa shape index (κ3) is 5.31. The van der Waals surface area contributed by atoms with Crippen LogP contribution in [0, 0.1) is 0 Å². The van der Waals surface area contributed by atoms with Gasteiger partial charge in [0.25, 0.3) is 0 Å². The van der Waals surface area contributed by atoms with Gasteiger partial charge in [-0.25, -0.2) is 4.79 Å². The summed E-state index contributed by atoms with van der Waals surface area (Å²) in [6.07, 6.45) is -0.504. The second-order valence-corrected chi connectivity index (χ2v) is 9.42. The number of phenols is 1. The van der Waals surface area contributed by atoms with Crippen LogP contribution in [0.1, 0.15) is 23.7 Å². The van der Waals surface area contributed by atoms with Crippen LogP contribution in [-0.2, 0) is 14.4 Å². The third-order valence-corrected chi connectivity index (χ3v) is 6.45. The number of carboxylic acid groups (broad SMARTS) is 2. The van der Waals surface area contributed by atoms with Gasteiger partial charge in [-0.3, -0.25) is 19.2 Å². The number of anilines is 1. The maximum atomic E-state index is 12.4. The Bertz CT molecular complexity index is 1610. The smallest absolute Gasteiger partial charge is 0.336 e. The number of phenolic OH excluding ortho intramolecular Hbond substituents is 1.